The predicted molar refractivity (Wildman–Crippen MR) is 167 cm³/mol. The van der Waals surface area contributed by atoms with Crippen LogP contribution in [-0.2, 0) is 13.1 Å². The SMILES string of the molecule is COc1ccc(-n2nc(Cn3ccnc3)c3nc(C)n(-c4ccc(-c5ccccc5CN5CCCC5)cc4)c(=O)c32)cc1. The van der Waals surface area contributed by atoms with E-state index in [1.807, 2.05) is 54.1 Å². The first kappa shape index (κ1) is 26.9. The van der Waals surface area contributed by atoms with Gasteiger partial charge in [-0.25, -0.2) is 14.6 Å². The van der Waals surface area contributed by atoms with E-state index in [2.05, 4.69) is 46.3 Å². The van der Waals surface area contributed by atoms with Gasteiger partial charge in [0.15, 0.2) is 5.52 Å². The summed E-state index contributed by atoms with van der Waals surface area (Å²) in [6.07, 6.45) is 7.87. The summed E-state index contributed by atoms with van der Waals surface area (Å²) >= 11 is 0. The molecule has 1 fully saturated rings. The molecular formula is C34H33N7O2. The van der Waals surface area contributed by atoms with Gasteiger partial charge in [0.1, 0.15) is 22.8 Å². The van der Waals surface area contributed by atoms with Crippen molar-refractivity contribution in [2.45, 2.75) is 32.9 Å². The van der Waals surface area contributed by atoms with Gasteiger partial charge in [0.2, 0.25) is 0 Å². The van der Waals surface area contributed by atoms with Gasteiger partial charge in [-0.2, -0.15) is 5.10 Å². The average molecular weight is 572 g/mol. The smallest absolute Gasteiger partial charge is 0.284 e. The zero-order chi connectivity index (χ0) is 29.3. The molecule has 0 amide bonds. The molecule has 0 radical (unpaired) electrons. The van der Waals surface area contributed by atoms with Gasteiger partial charge < -0.3 is 9.30 Å². The van der Waals surface area contributed by atoms with Gasteiger partial charge in [-0.3, -0.25) is 14.3 Å². The molecule has 216 valence electrons. The quantitative estimate of drug-likeness (QED) is 0.244. The van der Waals surface area contributed by atoms with Crippen LogP contribution in [0.15, 0.2) is 96.3 Å². The van der Waals surface area contributed by atoms with Crippen LogP contribution in [0.1, 0.15) is 29.9 Å². The highest BCUT2D eigenvalue weighted by Crippen LogP contribution is 2.28. The molecule has 1 aliphatic rings. The maximum absolute atomic E-state index is 14.3. The fraction of sp³-hybridized carbons (Fsp3) is 0.235. The summed E-state index contributed by atoms with van der Waals surface area (Å²) in [6.45, 7) is 5.57. The average Bonchev–Trinajstić information content (AvgIpc) is 3.81. The number of benzene rings is 3. The lowest BCUT2D eigenvalue weighted by molar-refractivity contribution is 0.332. The van der Waals surface area contributed by atoms with Crippen molar-refractivity contribution >= 4 is 11.0 Å². The molecule has 3 aromatic heterocycles. The Balaban J connectivity index is 1.31. The predicted octanol–water partition coefficient (Wildman–Crippen LogP) is 5.40. The number of aryl methyl sites for hydroxylation is 1. The zero-order valence-corrected chi connectivity index (χ0v) is 24.3. The molecular weight excluding hydrogens is 538 g/mol. The minimum atomic E-state index is -0.176. The first-order valence-electron chi connectivity index (χ1n) is 14.6. The highest BCUT2D eigenvalue weighted by atomic mass is 16.5. The minimum Gasteiger partial charge on any atom is -0.497 e. The van der Waals surface area contributed by atoms with Crippen LogP contribution < -0.4 is 10.3 Å². The van der Waals surface area contributed by atoms with Crippen LogP contribution in [-0.4, -0.2) is 54.0 Å². The second kappa shape index (κ2) is 11.3. The van der Waals surface area contributed by atoms with Gasteiger partial charge in [-0.15, -0.1) is 0 Å². The molecule has 9 heteroatoms. The van der Waals surface area contributed by atoms with E-state index in [4.69, 9.17) is 14.8 Å². The number of hydrogen-bond acceptors (Lipinski definition) is 6. The van der Waals surface area contributed by atoms with Crippen molar-refractivity contribution in [3.8, 4) is 28.3 Å². The lowest BCUT2D eigenvalue weighted by atomic mass is 9.99. The molecule has 4 heterocycles. The standard InChI is InChI=1S/C34H33N7O2/c1-24-36-32-31(22-39-20-17-35-23-39)37-41(28-13-15-29(43-2)16-14-28)33(32)34(42)40(24)27-11-9-25(10-12-27)30-8-4-3-7-26(30)21-38-18-5-6-19-38/h3-4,7-17,20,23H,5-6,18-19,21-22H2,1-2H3. The summed E-state index contributed by atoms with van der Waals surface area (Å²) in [7, 11) is 1.63. The van der Waals surface area contributed by atoms with E-state index < -0.39 is 0 Å². The number of imidazole rings is 1. The van der Waals surface area contributed by atoms with Crippen LogP contribution in [0, 0.1) is 6.92 Å². The Labute approximate surface area is 249 Å². The first-order valence-corrected chi connectivity index (χ1v) is 14.6. The molecule has 3 aromatic carbocycles. The molecule has 0 atom stereocenters. The first-order chi connectivity index (χ1) is 21.1. The second-order valence-electron chi connectivity index (χ2n) is 11.0. The van der Waals surface area contributed by atoms with Gasteiger partial charge in [0, 0.05) is 18.9 Å². The highest BCUT2D eigenvalue weighted by molar-refractivity contribution is 5.79. The van der Waals surface area contributed by atoms with Crippen LogP contribution >= 0.6 is 0 Å². The fourth-order valence-corrected chi connectivity index (χ4v) is 6.01. The van der Waals surface area contributed by atoms with Crippen molar-refractivity contribution in [3.63, 3.8) is 0 Å². The van der Waals surface area contributed by atoms with Crippen LogP contribution in [0.5, 0.6) is 5.75 Å². The zero-order valence-electron chi connectivity index (χ0n) is 24.3. The maximum atomic E-state index is 14.3. The molecule has 0 spiro atoms. The highest BCUT2D eigenvalue weighted by Gasteiger charge is 2.21. The maximum Gasteiger partial charge on any atom is 0.284 e. The Bertz CT molecular complexity index is 1930. The number of aromatic nitrogens is 6. The molecule has 7 rings (SSSR count). The monoisotopic (exact) mass is 571 g/mol. The van der Waals surface area contributed by atoms with Crippen molar-refractivity contribution in [2.24, 2.45) is 0 Å². The van der Waals surface area contributed by atoms with E-state index in [1.165, 1.54) is 24.0 Å². The Hall–Kier alpha value is -5.02. The summed E-state index contributed by atoms with van der Waals surface area (Å²) in [5, 5.41) is 4.88. The van der Waals surface area contributed by atoms with Crippen LogP contribution in [0.2, 0.25) is 0 Å². The summed E-state index contributed by atoms with van der Waals surface area (Å²) in [4.78, 5) is 25.9. The molecule has 1 saturated heterocycles. The summed E-state index contributed by atoms with van der Waals surface area (Å²) in [6, 6.07) is 24.3. The van der Waals surface area contributed by atoms with Gasteiger partial charge in [-0.1, -0.05) is 36.4 Å². The number of nitrogens with zero attached hydrogens (tertiary/aromatic N) is 7. The third-order valence-corrected chi connectivity index (χ3v) is 8.19. The lowest BCUT2D eigenvalue weighted by Gasteiger charge is -2.18. The van der Waals surface area contributed by atoms with Crippen LogP contribution in [0.25, 0.3) is 33.5 Å². The van der Waals surface area contributed by atoms with E-state index >= 15 is 0 Å². The number of methoxy groups -OCH3 is 1. The fourth-order valence-electron chi connectivity index (χ4n) is 6.01. The minimum absolute atomic E-state index is 0.176. The van der Waals surface area contributed by atoms with Gasteiger partial charge in [0.25, 0.3) is 5.56 Å². The van der Waals surface area contributed by atoms with E-state index in [0.29, 0.717) is 29.1 Å². The third-order valence-electron chi connectivity index (χ3n) is 8.19. The molecule has 0 N–H and O–H groups in total. The molecule has 0 unspecified atom stereocenters. The van der Waals surface area contributed by atoms with Crippen molar-refractivity contribution in [1.29, 1.82) is 0 Å². The normalized spacial score (nSPS) is 13.6. The summed E-state index contributed by atoms with van der Waals surface area (Å²) < 4.78 is 10.6. The van der Waals surface area contributed by atoms with Crippen molar-refractivity contribution in [1.82, 2.24) is 33.8 Å². The lowest BCUT2D eigenvalue weighted by Crippen LogP contribution is -2.24. The Kier molecular flexibility index (Phi) is 7.08. The van der Waals surface area contributed by atoms with Crippen LogP contribution in [0.4, 0.5) is 0 Å². The van der Waals surface area contributed by atoms with E-state index in [9.17, 15) is 4.79 Å². The van der Waals surface area contributed by atoms with Crippen molar-refractivity contribution in [2.75, 3.05) is 20.2 Å². The van der Waals surface area contributed by atoms with Gasteiger partial charge in [-0.05, 0) is 85.9 Å². The Morgan fingerprint density at radius 1 is 0.884 bits per heavy atom. The number of rotatable bonds is 8. The van der Waals surface area contributed by atoms with Crippen molar-refractivity contribution in [3.05, 3.63) is 119 Å². The molecule has 6 aromatic rings. The van der Waals surface area contributed by atoms with E-state index in [1.54, 1.807) is 28.9 Å². The number of fused-ring (bicyclic) bond motifs is 1. The molecule has 9 nitrogen and oxygen atoms in total. The van der Waals surface area contributed by atoms with E-state index in [-0.39, 0.29) is 5.56 Å². The topological polar surface area (TPSA) is 83.0 Å². The Morgan fingerprint density at radius 3 is 2.35 bits per heavy atom. The molecule has 0 bridgehead atoms. The summed E-state index contributed by atoms with van der Waals surface area (Å²) in [5.41, 5.74) is 6.71. The Morgan fingerprint density at radius 2 is 1.63 bits per heavy atom. The largest absolute Gasteiger partial charge is 0.497 e. The molecule has 43 heavy (non-hydrogen) atoms. The van der Waals surface area contributed by atoms with Gasteiger partial charge >= 0.3 is 0 Å². The third kappa shape index (κ3) is 5.12. The van der Waals surface area contributed by atoms with Crippen molar-refractivity contribution < 1.29 is 4.74 Å². The van der Waals surface area contributed by atoms with Gasteiger partial charge in [0.05, 0.1) is 31.4 Å². The summed E-state index contributed by atoms with van der Waals surface area (Å²) in [5.74, 6) is 1.33. The molecule has 0 aliphatic carbocycles. The molecule has 0 saturated carbocycles. The number of likely N-dealkylation sites (tertiary alicyclic amines) is 1. The van der Waals surface area contributed by atoms with E-state index in [0.717, 1.165) is 42.3 Å². The molecule has 1 aliphatic heterocycles. The second-order valence-corrected chi connectivity index (χ2v) is 11.0. The number of ether oxygens (including phenoxy) is 1. The van der Waals surface area contributed by atoms with Crippen LogP contribution in [0.3, 0.4) is 0 Å². The number of hydrogen-bond donors (Lipinski definition) is 0.